The summed E-state index contributed by atoms with van der Waals surface area (Å²) in [4.78, 5) is 4.83. The fourth-order valence-corrected chi connectivity index (χ4v) is 0.202. The highest BCUT2D eigenvalue weighted by molar-refractivity contribution is 4.44. The van der Waals surface area contributed by atoms with Crippen LogP contribution >= 0.6 is 0 Å². The van der Waals surface area contributed by atoms with Crippen LogP contribution in [0.3, 0.4) is 0 Å². The third kappa shape index (κ3) is 2.60. The highest BCUT2D eigenvalue weighted by Gasteiger charge is 1.94. The standard InChI is InChI=1S/C5H12N2O/c1-5-8-7(4)6(2)3/h5H,1H2,2-4H3. The molecule has 0 atom stereocenters. The van der Waals surface area contributed by atoms with Gasteiger partial charge in [0.05, 0.1) is 0 Å². The maximum Gasteiger partial charge on any atom is 0.106 e. The SMILES string of the molecule is C=CON(C)N(C)C. The number of hydrogen-bond acceptors (Lipinski definition) is 3. The summed E-state index contributed by atoms with van der Waals surface area (Å²) in [6, 6.07) is 0. The van der Waals surface area contributed by atoms with Gasteiger partial charge in [0, 0.05) is 21.1 Å². The number of rotatable bonds is 3. The van der Waals surface area contributed by atoms with Gasteiger partial charge < -0.3 is 4.84 Å². The summed E-state index contributed by atoms with van der Waals surface area (Å²) in [6.07, 6.45) is 1.38. The van der Waals surface area contributed by atoms with Gasteiger partial charge in [0.1, 0.15) is 6.26 Å². The first-order valence-corrected chi connectivity index (χ1v) is 2.37. The van der Waals surface area contributed by atoms with E-state index >= 15 is 0 Å². The highest BCUT2D eigenvalue weighted by atomic mass is 16.7. The second kappa shape index (κ2) is 3.46. The molecule has 0 amide bonds. The van der Waals surface area contributed by atoms with Crippen molar-refractivity contribution in [3.63, 3.8) is 0 Å². The Bertz CT molecular complexity index is 72.8. The van der Waals surface area contributed by atoms with Gasteiger partial charge >= 0.3 is 0 Å². The largest absolute Gasteiger partial charge is 0.400 e. The Morgan fingerprint density at radius 2 is 1.88 bits per heavy atom. The Kier molecular flexibility index (Phi) is 3.23. The molecule has 0 aliphatic carbocycles. The molecule has 8 heavy (non-hydrogen) atoms. The normalized spacial score (nSPS) is 10.1. The first-order chi connectivity index (χ1) is 3.68. The summed E-state index contributed by atoms with van der Waals surface area (Å²) in [7, 11) is 5.55. The topological polar surface area (TPSA) is 15.7 Å². The maximum atomic E-state index is 4.83. The Hall–Kier alpha value is -0.540. The molecular weight excluding hydrogens is 104 g/mol. The van der Waals surface area contributed by atoms with Crippen molar-refractivity contribution in [1.29, 1.82) is 0 Å². The second-order valence-corrected chi connectivity index (χ2v) is 1.58. The van der Waals surface area contributed by atoms with Crippen molar-refractivity contribution >= 4 is 0 Å². The van der Waals surface area contributed by atoms with Crippen LogP contribution in [0.2, 0.25) is 0 Å². The summed E-state index contributed by atoms with van der Waals surface area (Å²) in [6.45, 7) is 3.39. The molecule has 0 saturated carbocycles. The molecule has 3 heteroatoms. The minimum atomic E-state index is 1.38. The summed E-state index contributed by atoms with van der Waals surface area (Å²) < 4.78 is 0. The van der Waals surface area contributed by atoms with Crippen LogP contribution in [0.15, 0.2) is 12.8 Å². The summed E-state index contributed by atoms with van der Waals surface area (Å²) >= 11 is 0. The monoisotopic (exact) mass is 116 g/mol. The fraction of sp³-hybridized carbons (Fsp3) is 0.600. The average Bonchev–Trinajstić information content (AvgIpc) is 1.67. The van der Waals surface area contributed by atoms with Crippen molar-refractivity contribution < 1.29 is 4.84 Å². The van der Waals surface area contributed by atoms with E-state index in [2.05, 4.69) is 6.58 Å². The van der Waals surface area contributed by atoms with E-state index in [1.807, 2.05) is 14.1 Å². The molecule has 0 aromatic rings. The van der Waals surface area contributed by atoms with Crippen molar-refractivity contribution in [2.45, 2.75) is 0 Å². The van der Waals surface area contributed by atoms with E-state index in [9.17, 15) is 0 Å². The first-order valence-electron chi connectivity index (χ1n) is 2.37. The number of hydrogen-bond donors (Lipinski definition) is 0. The Morgan fingerprint density at radius 1 is 1.38 bits per heavy atom. The Morgan fingerprint density at radius 3 is 2.00 bits per heavy atom. The molecule has 3 nitrogen and oxygen atoms in total. The second-order valence-electron chi connectivity index (χ2n) is 1.58. The lowest BCUT2D eigenvalue weighted by Crippen LogP contribution is -2.31. The predicted octanol–water partition coefficient (Wildman–Crippen LogP) is 0.470. The van der Waals surface area contributed by atoms with Gasteiger partial charge in [0.25, 0.3) is 0 Å². The molecule has 0 aromatic carbocycles. The lowest BCUT2D eigenvalue weighted by atomic mass is 11.1. The zero-order valence-corrected chi connectivity index (χ0v) is 5.59. The number of hydroxylamine groups is 1. The van der Waals surface area contributed by atoms with Crippen LogP contribution in [0.5, 0.6) is 0 Å². The molecule has 0 heterocycles. The molecule has 0 fully saturated rings. The molecule has 0 spiro atoms. The summed E-state index contributed by atoms with van der Waals surface area (Å²) in [5.74, 6) is 0. The lowest BCUT2D eigenvalue weighted by Gasteiger charge is -2.20. The molecule has 48 valence electrons. The van der Waals surface area contributed by atoms with E-state index in [-0.39, 0.29) is 0 Å². The van der Waals surface area contributed by atoms with E-state index in [1.165, 1.54) is 6.26 Å². The summed E-state index contributed by atoms with van der Waals surface area (Å²) in [5, 5.41) is 3.36. The van der Waals surface area contributed by atoms with E-state index in [1.54, 1.807) is 17.2 Å². The quantitative estimate of drug-likeness (QED) is 0.394. The van der Waals surface area contributed by atoms with Crippen LogP contribution in [0.4, 0.5) is 0 Å². The van der Waals surface area contributed by atoms with E-state index in [4.69, 9.17) is 4.84 Å². The van der Waals surface area contributed by atoms with Crippen molar-refractivity contribution in [2.75, 3.05) is 21.1 Å². The van der Waals surface area contributed by atoms with Gasteiger partial charge in [-0.1, -0.05) is 11.8 Å². The van der Waals surface area contributed by atoms with E-state index in [0.717, 1.165) is 0 Å². The molecule has 0 saturated heterocycles. The smallest absolute Gasteiger partial charge is 0.106 e. The first kappa shape index (κ1) is 7.46. The molecule has 0 bridgehead atoms. The van der Waals surface area contributed by atoms with Crippen molar-refractivity contribution in [3.05, 3.63) is 12.8 Å². The molecule has 0 radical (unpaired) electrons. The van der Waals surface area contributed by atoms with E-state index in [0.29, 0.717) is 0 Å². The molecular formula is C5H12N2O. The molecule has 0 unspecified atom stereocenters. The third-order valence-corrected chi connectivity index (χ3v) is 0.790. The predicted molar refractivity (Wildman–Crippen MR) is 32.7 cm³/mol. The zero-order valence-electron chi connectivity index (χ0n) is 5.59. The van der Waals surface area contributed by atoms with Gasteiger partial charge in [-0.2, -0.15) is 0 Å². The van der Waals surface area contributed by atoms with Crippen LogP contribution in [-0.2, 0) is 4.84 Å². The van der Waals surface area contributed by atoms with Crippen molar-refractivity contribution in [2.24, 2.45) is 0 Å². The van der Waals surface area contributed by atoms with Gasteiger partial charge in [0.15, 0.2) is 0 Å². The van der Waals surface area contributed by atoms with Gasteiger partial charge in [-0.25, -0.2) is 5.01 Å². The van der Waals surface area contributed by atoms with E-state index < -0.39 is 0 Å². The van der Waals surface area contributed by atoms with Gasteiger partial charge in [-0.3, -0.25) is 0 Å². The van der Waals surface area contributed by atoms with Gasteiger partial charge in [-0.05, 0) is 0 Å². The van der Waals surface area contributed by atoms with Crippen LogP contribution in [0, 0.1) is 0 Å². The Labute approximate surface area is 50.1 Å². The minimum absolute atomic E-state index is 1.38. The number of nitrogens with zero attached hydrogens (tertiary/aromatic N) is 2. The summed E-state index contributed by atoms with van der Waals surface area (Å²) in [5.41, 5.74) is 0. The van der Waals surface area contributed by atoms with Crippen LogP contribution < -0.4 is 0 Å². The third-order valence-electron chi connectivity index (χ3n) is 0.790. The molecule has 0 aliphatic heterocycles. The average molecular weight is 116 g/mol. The molecule has 0 aromatic heterocycles. The maximum absolute atomic E-state index is 4.83. The van der Waals surface area contributed by atoms with Gasteiger partial charge in [-0.15, -0.1) is 0 Å². The van der Waals surface area contributed by atoms with Crippen LogP contribution in [0.25, 0.3) is 0 Å². The minimum Gasteiger partial charge on any atom is -0.400 e. The van der Waals surface area contributed by atoms with Crippen LogP contribution in [0.1, 0.15) is 0 Å². The lowest BCUT2D eigenvalue weighted by molar-refractivity contribution is -0.209. The van der Waals surface area contributed by atoms with Crippen LogP contribution in [-0.4, -0.2) is 31.3 Å². The molecule has 0 N–H and O–H groups in total. The van der Waals surface area contributed by atoms with Gasteiger partial charge in [0.2, 0.25) is 0 Å². The highest BCUT2D eigenvalue weighted by Crippen LogP contribution is 1.85. The van der Waals surface area contributed by atoms with Crippen molar-refractivity contribution in [1.82, 2.24) is 10.2 Å². The zero-order chi connectivity index (χ0) is 6.57. The fourth-order valence-electron chi connectivity index (χ4n) is 0.202. The Balaban J connectivity index is 3.30. The molecule has 0 rings (SSSR count). The van der Waals surface area contributed by atoms with Crippen molar-refractivity contribution in [3.8, 4) is 0 Å². The molecule has 0 aliphatic rings. The number of hydrazine groups is 1.